The van der Waals surface area contributed by atoms with E-state index < -0.39 is 0 Å². The van der Waals surface area contributed by atoms with Gasteiger partial charge in [0.2, 0.25) is 0 Å². The van der Waals surface area contributed by atoms with Crippen molar-refractivity contribution in [3.8, 4) is 0 Å². The van der Waals surface area contributed by atoms with E-state index in [2.05, 4.69) is 33.7 Å². The topological polar surface area (TPSA) is 27.3 Å². The van der Waals surface area contributed by atoms with Crippen molar-refractivity contribution in [1.29, 1.82) is 0 Å². The molecule has 0 unspecified atom stereocenters. The molecule has 0 bridgehead atoms. The number of hydrogen-bond acceptors (Lipinski definition) is 3. The molecule has 0 saturated carbocycles. The lowest BCUT2D eigenvalue weighted by Crippen LogP contribution is -2.45. The SMILES string of the molecule is c1cc2c(cc1NCCN1CCNCC1)CCCC2. The van der Waals surface area contributed by atoms with Gasteiger partial charge in [-0.3, -0.25) is 4.90 Å². The highest BCUT2D eigenvalue weighted by Gasteiger charge is 2.10. The third kappa shape index (κ3) is 3.48. The van der Waals surface area contributed by atoms with E-state index in [0.29, 0.717) is 0 Å². The lowest BCUT2D eigenvalue weighted by atomic mass is 9.91. The van der Waals surface area contributed by atoms with Crippen LogP contribution in [0.5, 0.6) is 0 Å². The number of benzene rings is 1. The summed E-state index contributed by atoms with van der Waals surface area (Å²) < 4.78 is 0. The van der Waals surface area contributed by atoms with Gasteiger partial charge in [-0.25, -0.2) is 0 Å². The normalized spacial score (nSPS) is 20.0. The predicted octanol–water partition coefficient (Wildman–Crippen LogP) is 1.88. The lowest BCUT2D eigenvalue weighted by Gasteiger charge is -2.27. The number of rotatable bonds is 4. The summed E-state index contributed by atoms with van der Waals surface area (Å²) in [6.45, 7) is 6.85. The Morgan fingerprint density at radius 3 is 2.68 bits per heavy atom. The molecule has 1 aromatic carbocycles. The molecule has 0 atom stereocenters. The molecule has 1 fully saturated rings. The summed E-state index contributed by atoms with van der Waals surface area (Å²) in [4.78, 5) is 2.53. The highest BCUT2D eigenvalue weighted by molar-refractivity contribution is 5.49. The molecule has 19 heavy (non-hydrogen) atoms. The lowest BCUT2D eigenvalue weighted by molar-refractivity contribution is 0.249. The minimum Gasteiger partial charge on any atom is -0.384 e. The van der Waals surface area contributed by atoms with Crippen molar-refractivity contribution < 1.29 is 0 Å². The highest BCUT2D eigenvalue weighted by atomic mass is 15.2. The molecular formula is C16H25N3. The zero-order valence-corrected chi connectivity index (χ0v) is 11.8. The summed E-state index contributed by atoms with van der Waals surface area (Å²) in [6.07, 6.45) is 5.26. The Balaban J connectivity index is 1.49. The summed E-state index contributed by atoms with van der Waals surface area (Å²) in [7, 11) is 0. The number of anilines is 1. The molecule has 3 nitrogen and oxygen atoms in total. The molecule has 1 saturated heterocycles. The van der Waals surface area contributed by atoms with Crippen LogP contribution in [0.15, 0.2) is 18.2 Å². The van der Waals surface area contributed by atoms with Crippen molar-refractivity contribution in [2.45, 2.75) is 25.7 Å². The Kier molecular flexibility index (Phi) is 4.36. The second-order valence-corrected chi connectivity index (χ2v) is 5.71. The van der Waals surface area contributed by atoms with Crippen LogP contribution in [0.4, 0.5) is 5.69 Å². The average Bonchev–Trinajstić information content (AvgIpc) is 2.48. The minimum absolute atomic E-state index is 1.05. The minimum atomic E-state index is 1.05. The standard InChI is InChI=1S/C16H25N3/c1-2-4-15-13-16(6-5-14(15)3-1)18-9-12-19-10-7-17-8-11-19/h5-6,13,17-18H,1-4,7-12H2. The van der Waals surface area contributed by atoms with Gasteiger partial charge in [-0.15, -0.1) is 0 Å². The van der Waals surface area contributed by atoms with Gasteiger partial charge in [0.1, 0.15) is 0 Å². The molecule has 1 aliphatic heterocycles. The molecule has 1 heterocycles. The van der Waals surface area contributed by atoms with Crippen molar-refractivity contribution in [2.75, 3.05) is 44.6 Å². The Hall–Kier alpha value is -1.06. The van der Waals surface area contributed by atoms with E-state index >= 15 is 0 Å². The van der Waals surface area contributed by atoms with Crippen LogP contribution in [0.25, 0.3) is 0 Å². The van der Waals surface area contributed by atoms with Crippen molar-refractivity contribution in [2.24, 2.45) is 0 Å². The predicted molar refractivity (Wildman–Crippen MR) is 80.9 cm³/mol. The summed E-state index contributed by atoms with van der Waals surface area (Å²) in [5.41, 5.74) is 4.44. The Bertz CT molecular complexity index is 410. The quantitative estimate of drug-likeness (QED) is 0.864. The van der Waals surface area contributed by atoms with Crippen LogP contribution in [-0.4, -0.2) is 44.2 Å². The van der Waals surface area contributed by atoms with E-state index in [9.17, 15) is 0 Å². The fourth-order valence-corrected chi connectivity index (χ4v) is 3.14. The first kappa shape index (κ1) is 12.9. The highest BCUT2D eigenvalue weighted by Crippen LogP contribution is 2.24. The molecule has 3 heteroatoms. The van der Waals surface area contributed by atoms with Crippen LogP contribution < -0.4 is 10.6 Å². The van der Waals surface area contributed by atoms with Gasteiger partial charge in [0.25, 0.3) is 0 Å². The van der Waals surface area contributed by atoms with Crippen LogP contribution in [0.2, 0.25) is 0 Å². The molecule has 2 aliphatic rings. The zero-order chi connectivity index (χ0) is 12.9. The number of aryl methyl sites for hydroxylation is 2. The van der Waals surface area contributed by atoms with Crippen molar-refractivity contribution >= 4 is 5.69 Å². The fourth-order valence-electron chi connectivity index (χ4n) is 3.14. The first-order valence-electron chi connectivity index (χ1n) is 7.70. The molecular weight excluding hydrogens is 234 g/mol. The van der Waals surface area contributed by atoms with E-state index in [0.717, 1.165) is 26.2 Å². The maximum absolute atomic E-state index is 3.58. The maximum Gasteiger partial charge on any atom is 0.0343 e. The van der Waals surface area contributed by atoms with Crippen LogP contribution in [0.3, 0.4) is 0 Å². The first-order chi connectivity index (χ1) is 9.42. The summed E-state index contributed by atoms with van der Waals surface area (Å²) in [6, 6.07) is 6.94. The van der Waals surface area contributed by atoms with Gasteiger partial charge >= 0.3 is 0 Å². The fraction of sp³-hybridized carbons (Fsp3) is 0.625. The first-order valence-corrected chi connectivity index (χ1v) is 7.70. The molecule has 104 valence electrons. The third-order valence-electron chi connectivity index (χ3n) is 4.32. The van der Waals surface area contributed by atoms with Gasteiger partial charge in [0.15, 0.2) is 0 Å². The monoisotopic (exact) mass is 259 g/mol. The van der Waals surface area contributed by atoms with Crippen molar-refractivity contribution in [3.05, 3.63) is 29.3 Å². The second kappa shape index (κ2) is 6.40. The summed E-state index contributed by atoms with van der Waals surface area (Å²) in [5.74, 6) is 0. The molecule has 0 spiro atoms. The van der Waals surface area contributed by atoms with Gasteiger partial charge in [0, 0.05) is 45.0 Å². The van der Waals surface area contributed by atoms with Crippen LogP contribution in [0, 0.1) is 0 Å². The second-order valence-electron chi connectivity index (χ2n) is 5.71. The van der Waals surface area contributed by atoms with Crippen LogP contribution in [-0.2, 0) is 12.8 Å². The number of nitrogens with one attached hydrogen (secondary N) is 2. The number of fused-ring (bicyclic) bond motifs is 1. The van der Waals surface area contributed by atoms with E-state index in [1.165, 1.54) is 44.5 Å². The van der Waals surface area contributed by atoms with Gasteiger partial charge in [-0.2, -0.15) is 0 Å². The van der Waals surface area contributed by atoms with Crippen LogP contribution in [0.1, 0.15) is 24.0 Å². The van der Waals surface area contributed by atoms with Gasteiger partial charge in [-0.1, -0.05) is 6.07 Å². The van der Waals surface area contributed by atoms with E-state index in [1.54, 1.807) is 11.1 Å². The largest absolute Gasteiger partial charge is 0.384 e. The van der Waals surface area contributed by atoms with E-state index in [-0.39, 0.29) is 0 Å². The van der Waals surface area contributed by atoms with E-state index in [1.807, 2.05) is 0 Å². The number of nitrogens with zero attached hydrogens (tertiary/aromatic N) is 1. The molecule has 1 aromatic rings. The Labute approximate surface area is 116 Å². The molecule has 0 radical (unpaired) electrons. The van der Waals surface area contributed by atoms with Crippen LogP contribution >= 0.6 is 0 Å². The molecule has 3 rings (SSSR count). The van der Waals surface area contributed by atoms with Crippen molar-refractivity contribution in [1.82, 2.24) is 10.2 Å². The molecule has 0 amide bonds. The number of hydrogen-bond donors (Lipinski definition) is 2. The summed E-state index contributed by atoms with van der Waals surface area (Å²) in [5, 5.41) is 6.97. The molecule has 1 aliphatic carbocycles. The number of piperazine rings is 1. The average molecular weight is 259 g/mol. The van der Waals surface area contributed by atoms with Crippen molar-refractivity contribution in [3.63, 3.8) is 0 Å². The third-order valence-corrected chi connectivity index (χ3v) is 4.32. The van der Waals surface area contributed by atoms with Gasteiger partial charge < -0.3 is 10.6 Å². The van der Waals surface area contributed by atoms with Gasteiger partial charge in [-0.05, 0) is 48.9 Å². The Morgan fingerprint density at radius 2 is 1.84 bits per heavy atom. The smallest absolute Gasteiger partial charge is 0.0343 e. The molecule has 2 N–H and O–H groups in total. The zero-order valence-electron chi connectivity index (χ0n) is 11.8. The maximum atomic E-state index is 3.58. The molecule has 0 aromatic heterocycles. The summed E-state index contributed by atoms with van der Waals surface area (Å²) >= 11 is 0. The van der Waals surface area contributed by atoms with E-state index in [4.69, 9.17) is 0 Å². The van der Waals surface area contributed by atoms with Gasteiger partial charge in [0.05, 0.1) is 0 Å². The Morgan fingerprint density at radius 1 is 1.05 bits per heavy atom.